The first-order valence-corrected chi connectivity index (χ1v) is 9.55. The number of nitrogens with zero attached hydrogens (tertiary/aromatic N) is 1. The van der Waals surface area contributed by atoms with Gasteiger partial charge in [-0.25, -0.2) is 0 Å². The zero-order valence-corrected chi connectivity index (χ0v) is 15.7. The van der Waals surface area contributed by atoms with E-state index in [1.165, 1.54) is 34.9 Å². The minimum atomic E-state index is 0.607. The number of fused-ring (bicyclic) bond motifs is 2. The van der Waals surface area contributed by atoms with Gasteiger partial charge in [0.1, 0.15) is 11.3 Å². The molecule has 26 heavy (non-hydrogen) atoms. The number of furan rings is 1. The molecule has 4 rings (SSSR count). The van der Waals surface area contributed by atoms with Gasteiger partial charge in [0.05, 0.1) is 13.4 Å². The fourth-order valence-corrected chi connectivity index (χ4v) is 4.25. The van der Waals surface area contributed by atoms with Crippen LogP contribution < -0.4 is 4.74 Å². The monoisotopic (exact) mass is 349 g/mol. The molecular weight excluding hydrogens is 322 g/mol. The van der Waals surface area contributed by atoms with E-state index in [1.807, 2.05) is 6.07 Å². The summed E-state index contributed by atoms with van der Waals surface area (Å²) in [7, 11) is 4.02. The largest absolute Gasteiger partial charge is 0.496 e. The molecule has 1 aromatic heterocycles. The van der Waals surface area contributed by atoms with Crippen LogP contribution in [0.2, 0.25) is 0 Å². The standard InChI is InChI=1S/C23H27NO2/c1-24(13-11-17-9-10-22-18(15-17)12-14-26-22)16-19-5-3-7-21-20(19)6-4-8-23(21)25-2/h4,6,8-10,12,14-15,19H,3,5,7,11,13,16H2,1-2H3/t19-/m0/s1. The topological polar surface area (TPSA) is 25.6 Å². The Labute approximate surface area is 155 Å². The van der Waals surface area contributed by atoms with Gasteiger partial charge < -0.3 is 14.1 Å². The Kier molecular flexibility index (Phi) is 4.98. The van der Waals surface area contributed by atoms with Crippen molar-refractivity contribution in [3.63, 3.8) is 0 Å². The molecular formula is C23H27NO2. The van der Waals surface area contributed by atoms with E-state index in [0.717, 1.165) is 37.3 Å². The van der Waals surface area contributed by atoms with Gasteiger partial charge >= 0.3 is 0 Å². The van der Waals surface area contributed by atoms with Crippen LogP contribution >= 0.6 is 0 Å². The predicted molar refractivity (Wildman–Crippen MR) is 106 cm³/mol. The molecule has 0 radical (unpaired) electrons. The molecule has 0 N–H and O–H groups in total. The van der Waals surface area contributed by atoms with Gasteiger partial charge in [-0.15, -0.1) is 0 Å². The Balaban J connectivity index is 1.40. The fourth-order valence-electron chi connectivity index (χ4n) is 4.25. The van der Waals surface area contributed by atoms with Gasteiger partial charge in [-0.3, -0.25) is 0 Å². The number of hydrogen-bond acceptors (Lipinski definition) is 3. The third-order valence-electron chi connectivity index (χ3n) is 5.64. The predicted octanol–water partition coefficient (Wildman–Crippen LogP) is 5.04. The van der Waals surface area contributed by atoms with E-state index in [1.54, 1.807) is 13.4 Å². The van der Waals surface area contributed by atoms with Gasteiger partial charge in [-0.2, -0.15) is 0 Å². The van der Waals surface area contributed by atoms with Crippen LogP contribution in [0.25, 0.3) is 11.0 Å². The lowest BCUT2D eigenvalue weighted by molar-refractivity contribution is 0.299. The normalized spacial score (nSPS) is 16.8. The minimum Gasteiger partial charge on any atom is -0.496 e. The van der Waals surface area contributed by atoms with Crippen molar-refractivity contribution in [2.24, 2.45) is 0 Å². The molecule has 2 aromatic carbocycles. The summed E-state index contributed by atoms with van der Waals surface area (Å²) in [6, 6.07) is 15.1. The van der Waals surface area contributed by atoms with Crippen LogP contribution in [0.5, 0.6) is 5.75 Å². The molecule has 0 saturated carbocycles. The smallest absolute Gasteiger partial charge is 0.133 e. The zero-order chi connectivity index (χ0) is 17.9. The highest BCUT2D eigenvalue weighted by Crippen LogP contribution is 2.36. The summed E-state index contributed by atoms with van der Waals surface area (Å²) in [5.74, 6) is 1.67. The highest BCUT2D eigenvalue weighted by molar-refractivity contribution is 5.77. The van der Waals surface area contributed by atoms with E-state index >= 15 is 0 Å². The Morgan fingerprint density at radius 1 is 1.19 bits per heavy atom. The molecule has 1 atom stereocenters. The Morgan fingerprint density at radius 3 is 3.00 bits per heavy atom. The number of benzene rings is 2. The molecule has 1 aliphatic carbocycles. The Morgan fingerprint density at radius 2 is 2.12 bits per heavy atom. The highest BCUT2D eigenvalue weighted by Gasteiger charge is 2.23. The van der Waals surface area contributed by atoms with Crippen molar-refractivity contribution >= 4 is 11.0 Å². The van der Waals surface area contributed by atoms with Crippen LogP contribution in [0.15, 0.2) is 53.1 Å². The average molecular weight is 349 g/mol. The van der Waals surface area contributed by atoms with E-state index in [9.17, 15) is 0 Å². The van der Waals surface area contributed by atoms with E-state index in [-0.39, 0.29) is 0 Å². The Bertz CT molecular complexity index is 883. The Hall–Kier alpha value is -2.26. The van der Waals surface area contributed by atoms with Gasteiger partial charge in [-0.1, -0.05) is 18.2 Å². The van der Waals surface area contributed by atoms with Crippen molar-refractivity contribution in [1.82, 2.24) is 4.90 Å². The molecule has 0 aliphatic heterocycles. The number of likely N-dealkylation sites (N-methyl/N-ethyl adjacent to an activating group) is 1. The van der Waals surface area contributed by atoms with Crippen molar-refractivity contribution in [3.05, 3.63) is 65.4 Å². The summed E-state index contributed by atoms with van der Waals surface area (Å²) in [5, 5.41) is 1.19. The van der Waals surface area contributed by atoms with Crippen molar-refractivity contribution < 1.29 is 9.15 Å². The first-order valence-electron chi connectivity index (χ1n) is 9.55. The third kappa shape index (κ3) is 3.49. The van der Waals surface area contributed by atoms with Crippen LogP contribution in [-0.2, 0) is 12.8 Å². The number of methoxy groups -OCH3 is 1. The molecule has 0 bridgehead atoms. The summed E-state index contributed by atoms with van der Waals surface area (Å²) >= 11 is 0. The van der Waals surface area contributed by atoms with Crippen LogP contribution in [0, 0.1) is 0 Å². The number of ether oxygens (including phenoxy) is 1. The minimum absolute atomic E-state index is 0.607. The lowest BCUT2D eigenvalue weighted by Gasteiger charge is -2.30. The average Bonchev–Trinajstić information content (AvgIpc) is 3.14. The summed E-state index contributed by atoms with van der Waals surface area (Å²) in [4.78, 5) is 2.47. The highest BCUT2D eigenvalue weighted by atomic mass is 16.5. The molecule has 0 spiro atoms. The second-order valence-corrected chi connectivity index (χ2v) is 7.42. The van der Waals surface area contributed by atoms with Gasteiger partial charge in [0, 0.05) is 18.5 Å². The lowest BCUT2D eigenvalue weighted by Crippen LogP contribution is -2.28. The van der Waals surface area contributed by atoms with Gasteiger partial charge in [0.15, 0.2) is 0 Å². The van der Waals surface area contributed by atoms with Crippen molar-refractivity contribution in [3.8, 4) is 5.75 Å². The second-order valence-electron chi connectivity index (χ2n) is 7.42. The van der Waals surface area contributed by atoms with E-state index < -0.39 is 0 Å². The number of rotatable bonds is 6. The third-order valence-corrected chi connectivity index (χ3v) is 5.64. The van der Waals surface area contributed by atoms with E-state index in [4.69, 9.17) is 9.15 Å². The van der Waals surface area contributed by atoms with Gasteiger partial charge in [0.2, 0.25) is 0 Å². The fraction of sp³-hybridized carbons (Fsp3) is 0.391. The van der Waals surface area contributed by atoms with Crippen LogP contribution in [0.1, 0.15) is 35.4 Å². The SMILES string of the molecule is COc1cccc2c1CCC[C@H]2CN(C)CCc1ccc2occc2c1. The molecule has 0 fully saturated rings. The van der Waals surface area contributed by atoms with Crippen LogP contribution in [0.3, 0.4) is 0 Å². The van der Waals surface area contributed by atoms with Crippen molar-refractivity contribution in [1.29, 1.82) is 0 Å². The van der Waals surface area contributed by atoms with Gasteiger partial charge in [0.25, 0.3) is 0 Å². The zero-order valence-electron chi connectivity index (χ0n) is 15.7. The summed E-state index contributed by atoms with van der Waals surface area (Å²) in [6.07, 6.45) is 6.49. The summed E-state index contributed by atoms with van der Waals surface area (Å²) < 4.78 is 11.0. The van der Waals surface area contributed by atoms with Gasteiger partial charge in [-0.05, 0) is 79.6 Å². The molecule has 1 heterocycles. The molecule has 3 heteroatoms. The second kappa shape index (κ2) is 7.55. The van der Waals surface area contributed by atoms with Crippen molar-refractivity contribution in [2.75, 3.05) is 27.2 Å². The summed E-state index contributed by atoms with van der Waals surface area (Å²) in [5.41, 5.74) is 5.25. The molecule has 3 aromatic rings. The molecule has 1 aliphatic rings. The molecule has 0 amide bonds. The lowest BCUT2D eigenvalue weighted by atomic mass is 9.82. The van der Waals surface area contributed by atoms with Crippen LogP contribution in [-0.4, -0.2) is 32.1 Å². The first-order chi connectivity index (χ1) is 12.7. The quantitative estimate of drug-likeness (QED) is 0.624. The first kappa shape index (κ1) is 17.2. The molecule has 3 nitrogen and oxygen atoms in total. The number of hydrogen-bond donors (Lipinski definition) is 0. The van der Waals surface area contributed by atoms with E-state index in [0.29, 0.717) is 5.92 Å². The van der Waals surface area contributed by atoms with E-state index in [2.05, 4.69) is 48.3 Å². The van der Waals surface area contributed by atoms with Crippen LogP contribution in [0.4, 0.5) is 0 Å². The molecule has 0 saturated heterocycles. The molecule has 136 valence electrons. The maximum Gasteiger partial charge on any atom is 0.133 e. The maximum atomic E-state index is 5.58. The maximum absolute atomic E-state index is 5.58. The van der Waals surface area contributed by atoms with Crippen molar-refractivity contribution in [2.45, 2.75) is 31.6 Å². The molecule has 0 unspecified atom stereocenters. The summed E-state index contributed by atoms with van der Waals surface area (Å²) in [6.45, 7) is 2.17.